The number of rotatable bonds is 6. The predicted octanol–water partition coefficient (Wildman–Crippen LogP) is 0.909. The Morgan fingerprint density at radius 1 is 1.40 bits per heavy atom. The lowest BCUT2D eigenvalue weighted by Gasteiger charge is -2.37. The minimum absolute atomic E-state index is 0.0448. The average molecular weight is 365 g/mol. The SMILES string of the molecule is Cn1cc([C@@H](NS(=O)(=O)c2cccc(C(=O)O)c2)C2CC(O)C2)cn1. The molecule has 9 heteroatoms. The highest BCUT2D eigenvalue weighted by Crippen LogP contribution is 2.38. The second kappa shape index (κ2) is 6.58. The molecule has 1 saturated carbocycles. The Morgan fingerprint density at radius 2 is 2.12 bits per heavy atom. The molecule has 1 atom stereocenters. The summed E-state index contributed by atoms with van der Waals surface area (Å²) < 4.78 is 29.7. The van der Waals surface area contributed by atoms with E-state index in [-0.39, 0.29) is 16.4 Å². The third kappa shape index (κ3) is 3.73. The fraction of sp³-hybridized carbons (Fsp3) is 0.375. The van der Waals surface area contributed by atoms with Gasteiger partial charge >= 0.3 is 5.97 Å². The fourth-order valence-corrected chi connectivity index (χ4v) is 4.31. The molecule has 0 bridgehead atoms. The van der Waals surface area contributed by atoms with E-state index in [4.69, 9.17) is 5.11 Å². The number of nitrogens with zero attached hydrogens (tertiary/aromatic N) is 2. The van der Waals surface area contributed by atoms with Crippen LogP contribution in [0.25, 0.3) is 0 Å². The molecule has 1 aliphatic carbocycles. The van der Waals surface area contributed by atoms with Gasteiger partial charge in [0.15, 0.2) is 0 Å². The van der Waals surface area contributed by atoms with Gasteiger partial charge < -0.3 is 10.2 Å². The number of aromatic nitrogens is 2. The Balaban J connectivity index is 1.90. The number of nitrogens with one attached hydrogen (secondary N) is 1. The van der Waals surface area contributed by atoms with Crippen LogP contribution in [0.2, 0.25) is 0 Å². The first-order valence-electron chi connectivity index (χ1n) is 7.78. The number of hydrogen-bond acceptors (Lipinski definition) is 5. The smallest absolute Gasteiger partial charge is 0.335 e. The second-order valence-corrected chi connectivity index (χ2v) is 7.98. The largest absolute Gasteiger partial charge is 0.478 e. The van der Waals surface area contributed by atoms with Crippen LogP contribution in [0, 0.1) is 5.92 Å². The molecule has 0 amide bonds. The van der Waals surface area contributed by atoms with Gasteiger partial charge in [-0.15, -0.1) is 0 Å². The summed E-state index contributed by atoms with van der Waals surface area (Å²) in [6, 6.07) is 4.67. The van der Waals surface area contributed by atoms with Gasteiger partial charge in [-0.3, -0.25) is 4.68 Å². The highest BCUT2D eigenvalue weighted by atomic mass is 32.2. The fourth-order valence-electron chi connectivity index (χ4n) is 2.97. The molecule has 25 heavy (non-hydrogen) atoms. The Morgan fingerprint density at radius 3 is 2.68 bits per heavy atom. The molecule has 0 aliphatic heterocycles. The second-order valence-electron chi connectivity index (χ2n) is 6.26. The Labute approximate surface area is 145 Å². The van der Waals surface area contributed by atoms with Crippen LogP contribution in [0.3, 0.4) is 0 Å². The highest BCUT2D eigenvalue weighted by Gasteiger charge is 2.37. The average Bonchev–Trinajstić information content (AvgIpc) is 2.96. The number of aryl methyl sites for hydroxylation is 1. The number of benzene rings is 1. The van der Waals surface area contributed by atoms with Crippen molar-refractivity contribution in [3.63, 3.8) is 0 Å². The van der Waals surface area contributed by atoms with Gasteiger partial charge in [0.1, 0.15) is 0 Å². The number of sulfonamides is 1. The van der Waals surface area contributed by atoms with Crippen molar-refractivity contribution in [1.29, 1.82) is 0 Å². The summed E-state index contributed by atoms with van der Waals surface area (Å²) in [6.45, 7) is 0. The molecule has 3 N–H and O–H groups in total. The van der Waals surface area contributed by atoms with E-state index in [0.717, 1.165) is 6.07 Å². The molecular weight excluding hydrogens is 346 g/mol. The Kier molecular flexibility index (Phi) is 4.63. The van der Waals surface area contributed by atoms with Crippen LogP contribution < -0.4 is 4.72 Å². The lowest BCUT2D eigenvalue weighted by atomic mass is 9.76. The molecule has 0 unspecified atom stereocenters. The summed E-state index contributed by atoms with van der Waals surface area (Å²) in [6.07, 6.45) is 3.88. The third-order valence-corrected chi connectivity index (χ3v) is 5.82. The first-order chi connectivity index (χ1) is 11.8. The minimum Gasteiger partial charge on any atom is -0.478 e. The van der Waals surface area contributed by atoms with E-state index in [2.05, 4.69) is 9.82 Å². The molecule has 134 valence electrons. The monoisotopic (exact) mass is 365 g/mol. The van der Waals surface area contributed by atoms with Crippen molar-refractivity contribution < 1.29 is 23.4 Å². The van der Waals surface area contributed by atoms with E-state index < -0.39 is 28.1 Å². The number of aromatic carboxylic acids is 1. The van der Waals surface area contributed by atoms with E-state index >= 15 is 0 Å². The van der Waals surface area contributed by atoms with E-state index in [1.165, 1.54) is 18.2 Å². The molecule has 0 radical (unpaired) electrons. The van der Waals surface area contributed by atoms with Crippen molar-refractivity contribution in [2.75, 3.05) is 0 Å². The lowest BCUT2D eigenvalue weighted by molar-refractivity contribution is 0.0280. The summed E-state index contributed by atoms with van der Waals surface area (Å²) in [5.74, 6) is -1.24. The maximum absolute atomic E-state index is 12.7. The number of hydrogen-bond donors (Lipinski definition) is 3. The molecule has 1 aromatic heterocycles. The molecule has 1 aromatic carbocycles. The summed E-state index contributed by atoms with van der Waals surface area (Å²) in [4.78, 5) is 11.0. The van der Waals surface area contributed by atoms with Gasteiger partial charge in [0, 0.05) is 18.8 Å². The predicted molar refractivity (Wildman–Crippen MR) is 88.4 cm³/mol. The number of carbonyl (C=O) groups is 1. The van der Waals surface area contributed by atoms with Crippen LogP contribution in [0.1, 0.15) is 34.8 Å². The van der Waals surface area contributed by atoms with Crippen LogP contribution in [0.15, 0.2) is 41.6 Å². The van der Waals surface area contributed by atoms with Crippen LogP contribution in [-0.4, -0.2) is 40.5 Å². The van der Waals surface area contributed by atoms with Gasteiger partial charge in [0.2, 0.25) is 10.0 Å². The Bertz CT molecular complexity index is 887. The van der Waals surface area contributed by atoms with Crippen molar-refractivity contribution in [2.45, 2.75) is 29.9 Å². The quantitative estimate of drug-likeness (QED) is 0.699. The molecule has 2 aromatic rings. The van der Waals surface area contributed by atoms with Crippen LogP contribution in [0.4, 0.5) is 0 Å². The number of aliphatic hydroxyl groups is 1. The maximum Gasteiger partial charge on any atom is 0.335 e. The van der Waals surface area contributed by atoms with E-state index in [9.17, 15) is 18.3 Å². The van der Waals surface area contributed by atoms with Gasteiger partial charge in [-0.2, -0.15) is 5.10 Å². The molecule has 8 nitrogen and oxygen atoms in total. The van der Waals surface area contributed by atoms with Gasteiger partial charge in [0.05, 0.1) is 28.8 Å². The molecule has 1 fully saturated rings. The zero-order chi connectivity index (χ0) is 18.2. The zero-order valence-electron chi connectivity index (χ0n) is 13.5. The summed E-state index contributed by atoms with van der Waals surface area (Å²) >= 11 is 0. The normalized spacial score (nSPS) is 21.5. The summed E-state index contributed by atoms with van der Waals surface area (Å²) in [5.41, 5.74) is 0.609. The number of carboxylic acid groups (broad SMARTS) is 1. The van der Waals surface area contributed by atoms with Crippen molar-refractivity contribution in [3.8, 4) is 0 Å². The summed E-state index contributed by atoms with van der Waals surface area (Å²) in [5, 5.41) is 22.7. The molecule has 3 rings (SSSR count). The van der Waals surface area contributed by atoms with E-state index in [1.54, 1.807) is 24.1 Å². The molecule has 0 saturated heterocycles. The van der Waals surface area contributed by atoms with Crippen molar-refractivity contribution in [3.05, 3.63) is 47.8 Å². The molecule has 0 spiro atoms. The molecule has 1 aliphatic rings. The van der Waals surface area contributed by atoms with Crippen LogP contribution in [-0.2, 0) is 17.1 Å². The van der Waals surface area contributed by atoms with Gasteiger partial charge in [-0.1, -0.05) is 6.07 Å². The highest BCUT2D eigenvalue weighted by molar-refractivity contribution is 7.89. The topological polar surface area (TPSA) is 122 Å². The van der Waals surface area contributed by atoms with Crippen LogP contribution >= 0.6 is 0 Å². The standard InChI is InChI=1S/C16H19N3O5S/c1-19-9-12(8-17-19)15(11-5-13(20)6-11)18-25(23,24)14-4-2-3-10(7-14)16(21)22/h2-4,7-9,11,13,15,18,20H,5-6H2,1H3,(H,21,22)/t11?,13?,15-/m0/s1. The van der Waals surface area contributed by atoms with E-state index in [0.29, 0.717) is 18.4 Å². The maximum atomic E-state index is 12.7. The number of carboxylic acids is 1. The van der Waals surface area contributed by atoms with Gasteiger partial charge in [-0.05, 0) is 37.0 Å². The van der Waals surface area contributed by atoms with E-state index in [1.807, 2.05) is 0 Å². The first kappa shape index (κ1) is 17.6. The first-order valence-corrected chi connectivity index (χ1v) is 9.27. The number of aliphatic hydroxyl groups excluding tert-OH is 1. The van der Waals surface area contributed by atoms with Gasteiger partial charge in [-0.25, -0.2) is 17.9 Å². The third-order valence-electron chi connectivity index (χ3n) is 4.38. The molecule has 1 heterocycles. The zero-order valence-corrected chi connectivity index (χ0v) is 14.3. The Hall–Kier alpha value is -2.23. The van der Waals surface area contributed by atoms with Crippen molar-refractivity contribution >= 4 is 16.0 Å². The molecular formula is C16H19N3O5S. The van der Waals surface area contributed by atoms with Crippen molar-refractivity contribution in [2.24, 2.45) is 13.0 Å². The minimum atomic E-state index is -3.93. The van der Waals surface area contributed by atoms with Crippen molar-refractivity contribution in [1.82, 2.24) is 14.5 Å². The van der Waals surface area contributed by atoms with Crippen LogP contribution in [0.5, 0.6) is 0 Å². The summed E-state index contributed by atoms with van der Waals surface area (Å²) in [7, 11) is -2.19. The van der Waals surface area contributed by atoms with Gasteiger partial charge in [0.25, 0.3) is 0 Å². The lowest BCUT2D eigenvalue weighted by Crippen LogP contribution is -2.41.